The maximum absolute atomic E-state index is 13.2. The topological polar surface area (TPSA) is 105 Å². The van der Waals surface area contributed by atoms with Crippen LogP contribution in [0.25, 0.3) is 0 Å². The first-order valence-corrected chi connectivity index (χ1v) is 14.7. The smallest absolute Gasteiger partial charge is 0.416 e. The van der Waals surface area contributed by atoms with Crippen molar-refractivity contribution in [3.05, 3.63) is 54.1 Å². The lowest BCUT2D eigenvalue weighted by Gasteiger charge is -2.41. The molecule has 2 amide bonds. The summed E-state index contributed by atoms with van der Waals surface area (Å²) >= 11 is 0. The van der Waals surface area contributed by atoms with E-state index in [1.165, 1.54) is 25.3 Å². The zero-order chi connectivity index (χ0) is 29.7. The van der Waals surface area contributed by atoms with Gasteiger partial charge in [-0.15, -0.1) is 0 Å². The molecule has 0 saturated heterocycles. The number of alkyl halides is 3. The molecule has 0 aliphatic heterocycles. The van der Waals surface area contributed by atoms with Crippen molar-refractivity contribution in [3.8, 4) is 5.75 Å². The van der Waals surface area contributed by atoms with Crippen molar-refractivity contribution < 1.29 is 35.9 Å². The maximum atomic E-state index is 13.2. The second-order valence-corrected chi connectivity index (χ2v) is 12.5. The van der Waals surface area contributed by atoms with Crippen LogP contribution in [0.4, 0.5) is 18.9 Å². The summed E-state index contributed by atoms with van der Waals surface area (Å²) in [5, 5.41) is 5.14. The SMILES string of the molecule is COc1cc(NC(=O)CC(=O)N[C@H]2CC[C@H](N(C)C(C)C)C[C@@H]2CS(=O)(=O)c2ccccc2)cc(C(F)(F)F)c1. The molecule has 12 heteroatoms. The lowest BCUT2D eigenvalue weighted by molar-refractivity contribution is -0.137. The standard InChI is InChI=1S/C28H36F3N3O5S/c1-18(2)34(3)22-10-11-25(19(12-22)17-40(37,38)24-8-6-5-7-9-24)33-27(36)16-26(35)32-21-13-20(28(29,30)31)14-23(15-21)39-4/h5-9,13-15,18-19,22,25H,10-12,16-17H2,1-4H3,(H,32,35)(H,33,36)/t19-,22+,25+/m1/s1. The van der Waals surface area contributed by atoms with Crippen LogP contribution in [0.1, 0.15) is 45.1 Å². The number of benzene rings is 2. The summed E-state index contributed by atoms with van der Waals surface area (Å²) in [4.78, 5) is 27.8. The van der Waals surface area contributed by atoms with Crippen LogP contribution in [-0.4, -0.2) is 63.2 Å². The van der Waals surface area contributed by atoms with Gasteiger partial charge >= 0.3 is 6.18 Å². The van der Waals surface area contributed by atoms with Crippen molar-refractivity contribution >= 4 is 27.3 Å². The van der Waals surface area contributed by atoms with Gasteiger partial charge in [0.2, 0.25) is 11.8 Å². The average Bonchev–Trinajstić information content (AvgIpc) is 2.88. The molecule has 8 nitrogen and oxygen atoms in total. The van der Waals surface area contributed by atoms with Gasteiger partial charge in [0.1, 0.15) is 12.2 Å². The van der Waals surface area contributed by atoms with E-state index in [1.807, 2.05) is 7.05 Å². The van der Waals surface area contributed by atoms with Crippen molar-refractivity contribution in [2.45, 2.75) is 68.7 Å². The lowest BCUT2D eigenvalue weighted by Crippen LogP contribution is -2.51. The Morgan fingerprint density at radius 1 is 1.07 bits per heavy atom. The van der Waals surface area contributed by atoms with E-state index in [0.29, 0.717) is 12.8 Å². The van der Waals surface area contributed by atoms with Gasteiger partial charge in [-0.3, -0.25) is 9.59 Å². The monoisotopic (exact) mass is 583 g/mol. The molecule has 220 valence electrons. The molecule has 1 saturated carbocycles. The van der Waals surface area contributed by atoms with Crippen molar-refractivity contribution in [2.24, 2.45) is 5.92 Å². The third kappa shape index (κ3) is 8.44. The molecular formula is C28H36F3N3O5S. The summed E-state index contributed by atoms with van der Waals surface area (Å²) in [5.41, 5.74) is -1.16. The Morgan fingerprint density at radius 2 is 1.75 bits per heavy atom. The highest BCUT2D eigenvalue weighted by Gasteiger charge is 2.37. The summed E-state index contributed by atoms with van der Waals surface area (Å²) < 4.78 is 70.9. The number of ether oxygens (including phenoxy) is 1. The molecule has 1 fully saturated rings. The number of nitrogens with zero attached hydrogens (tertiary/aromatic N) is 1. The molecule has 0 unspecified atom stereocenters. The molecule has 40 heavy (non-hydrogen) atoms. The van der Waals surface area contributed by atoms with Crippen molar-refractivity contribution in [1.29, 1.82) is 0 Å². The molecule has 0 radical (unpaired) electrons. The minimum atomic E-state index is -4.65. The van der Waals surface area contributed by atoms with Gasteiger partial charge in [0.15, 0.2) is 9.84 Å². The van der Waals surface area contributed by atoms with Crippen LogP contribution in [0, 0.1) is 5.92 Å². The minimum absolute atomic E-state index is 0.0971. The molecule has 2 aromatic carbocycles. The van der Waals surface area contributed by atoms with Crippen LogP contribution >= 0.6 is 0 Å². The Hall–Kier alpha value is -3.12. The molecule has 0 aromatic heterocycles. The first-order chi connectivity index (χ1) is 18.7. The molecule has 0 heterocycles. The van der Waals surface area contributed by atoms with Gasteiger partial charge in [0.25, 0.3) is 0 Å². The van der Waals surface area contributed by atoms with E-state index in [4.69, 9.17) is 4.74 Å². The van der Waals surface area contributed by atoms with E-state index in [-0.39, 0.29) is 34.2 Å². The third-order valence-corrected chi connectivity index (χ3v) is 9.16. The molecular weight excluding hydrogens is 547 g/mol. The number of sulfone groups is 1. The van der Waals surface area contributed by atoms with Crippen LogP contribution < -0.4 is 15.4 Å². The highest BCUT2D eigenvalue weighted by molar-refractivity contribution is 7.91. The van der Waals surface area contributed by atoms with Gasteiger partial charge in [0.05, 0.1) is 23.3 Å². The van der Waals surface area contributed by atoms with Crippen LogP contribution in [0.5, 0.6) is 5.75 Å². The lowest BCUT2D eigenvalue weighted by atomic mass is 9.81. The van der Waals surface area contributed by atoms with Gasteiger partial charge in [-0.2, -0.15) is 13.2 Å². The van der Waals surface area contributed by atoms with E-state index >= 15 is 0 Å². The molecule has 0 spiro atoms. The highest BCUT2D eigenvalue weighted by atomic mass is 32.2. The first kappa shape index (κ1) is 31.4. The molecule has 1 aliphatic rings. The van der Waals surface area contributed by atoms with E-state index in [2.05, 4.69) is 29.4 Å². The predicted molar refractivity (Wildman–Crippen MR) is 146 cm³/mol. The van der Waals surface area contributed by atoms with E-state index < -0.39 is 51.8 Å². The number of methoxy groups -OCH3 is 1. The second kappa shape index (κ2) is 13.0. The van der Waals surface area contributed by atoms with Crippen LogP contribution in [0.3, 0.4) is 0 Å². The molecule has 1 aliphatic carbocycles. The van der Waals surface area contributed by atoms with Crippen molar-refractivity contribution in [3.63, 3.8) is 0 Å². The van der Waals surface area contributed by atoms with Crippen molar-refractivity contribution in [1.82, 2.24) is 10.2 Å². The largest absolute Gasteiger partial charge is 0.497 e. The first-order valence-electron chi connectivity index (χ1n) is 13.0. The third-order valence-electron chi connectivity index (χ3n) is 7.30. The van der Waals surface area contributed by atoms with E-state index in [0.717, 1.165) is 18.6 Å². The van der Waals surface area contributed by atoms with Gasteiger partial charge in [-0.25, -0.2) is 8.42 Å². The fraction of sp³-hybridized carbons (Fsp3) is 0.500. The van der Waals surface area contributed by atoms with Gasteiger partial charge in [0, 0.05) is 29.9 Å². The Bertz CT molecular complexity index is 1290. The normalized spacial score (nSPS) is 19.9. The number of halogens is 3. The number of anilines is 1. The van der Waals surface area contributed by atoms with Gasteiger partial charge < -0.3 is 20.3 Å². The fourth-order valence-corrected chi connectivity index (χ4v) is 6.67. The summed E-state index contributed by atoms with van der Waals surface area (Å²) in [6.45, 7) is 4.12. The zero-order valence-electron chi connectivity index (χ0n) is 23.0. The summed E-state index contributed by atoms with van der Waals surface area (Å²) in [7, 11) is -0.442. The average molecular weight is 584 g/mol. The Kier molecular flexibility index (Phi) is 10.2. The van der Waals surface area contributed by atoms with E-state index in [1.54, 1.807) is 18.2 Å². The Morgan fingerprint density at radius 3 is 2.35 bits per heavy atom. The molecule has 3 atom stereocenters. The number of carbonyl (C=O) groups excluding carboxylic acids is 2. The van der Waals surface area contributed by atoms with Crippen molar-refractivity contribution in [2.75, 3.05) is 25.2 Å². The Balaban J connectivity index is 1.71. The molecule has 2 N–H and O–H groups in total. The predicted octanol–water partition coefficient (Wildman–Crippen LogP) is 4.51. The summed E-state index contributed by atoms with van der Waals surface area (Å²) in [6, 6.07) is 10.8. The molecule has 3 rings (SSSR count). The summed E-state index contributed by atoms with van der Waals surface area (Å²) in [5.74, 6) is -2.11. The number of amides is 2. The fourth-order valence-electron chi connectivity index (χ4n) is 4.97. The van der Waals surface area contributed by atoms with Gasteiger partial charge in [-0.1, -0.05) is 18.2 Å². The quantitative estimate of drug-likeness (QED) is 0.399. The number of rotatable bonds is 10. The zero-order valence-corrected chi connectivity index (χ0v) is 23.8. The minimum Gasteiger partial charge on any atom is -0.497 e. The maximum Gasteiger partial charge on any atom is 0.416 e. The van der Waals surface area contributed by atoms with E-state index in [9.17, 15) is 31.2 Å². The highest BCUT2D eigenvalue weighted by Crippen LogP contribution is 2.34. The van der Waals surface area contributed by atoms with Crippen LogP contribution in [-0.2, 0) is 25.6 Å². The molecule has 2 aromatic rings. The number of carbonyl (C=O) groups is 2. The summed E-state index contributed by atoms with van der Waals surface area (Å²) in [6.07, 6.45) is -3.49. The number of hydrogen-bond acceptors (Lipinski definition) is 6. The van der Waals surface area contributed by atoms with Gasteiger partial charge in [-0.05, 0) is 70.3 Å². The molecule has 0 bridgehead atoms. The van der Waals surface area contributed by atoms with Crippen LogP contribution in [0.2, 0.25) is 0 Å². The number of nitrogens with one attached hydrogen (secondary N) is 2. The second-order valence-electron chi connectivity index (χ2n) is 10.4. The van der Waals surface area contributed by atoms with Crippen LogP contribution in [0.15, 0.2) is 53.4 Å². The Labute approximate surface area is 233 Å². The number of hydrogen-bond donors (Lipinski definition) is 2.